The lowest BCUT2D eigenvalue weighted by Gasteiger charge is -2.14. The number of aliphatic hydroxyl groups is 1. The third-order valence-electron chi connectivity index (χ3n) is 2.53. The van der Waals surface area contributed by atoms with Gasteiger partial charge in [0.1, 0.15) is 6.04 Å². The molecule has 98 valence electrons. The molecular weight excluding hydrogens is 258 g/mol. The van der Waals surface area contributed by atoms with E-state index in [1.165, 1.54) is 0 Å². The fourth-order valence-electron chi connectivity index (χ4n) is 1.48. The van der Waals surface area contributed by atoms with E-state index >= 15 is 0 Å². The number of amides is 1. The molecule has 0 aromatic heterocycles. The van der Waals surface area contributed by atoms with E-state index in [2.05, 4.69) is 5.32 Å². The minimum Gasteiger partial charge on any atom is -0.480 e. The molecule has 1 atom stereocenters. The Kier molecular flexibility index (Phi) is 5.12. The first kappa shape index (κ1) is 14.5. The molecule has 3 N–H and O–H groups in total. The van der Waals surface area contributed by atoms with Crippen LogP contribution in [0.5, 0.6) is 0 Å². The summed E-state index contributed by atoms with van der Waals surface area (Å²) >= 11 is 5.88. The number of hydrogen-bond donors (Lipinski definition) is 3. The zero-order valence-corrected chi connectivity index (χ0v) is 10.6. The monoisotopic (exact) mass is 271 g/mol. The lowest BCUT2D eigenvalue weighted by atomic mass is 10.1. The van der Waals surface area contributed by atoms with E-state index in [-0.39, 0.29) is 13.0 Å². The number of hydrogen-bond acceptors (Lipinski definition) is 3. The van der Waals surface area contributed by atoms with Gasteiger partial charge in [0.25, 0.3) is 5.91 Å². The van der Waals surface area contributed by atoms with Crippen molar-refractivity contribution in [1.82, 2.24) is 5.32 Å². The predicted molar refractivity (Wildman–Crippen MR) is 66.8 cm³/mol. The highest BCUT2D eigenvalue weighted by molar-refractivity contribution is 6.31. The van der Waals surface area contributed by atoms with Gasteiger partial charge in [-0.05, 0) is 24.6 Å². The number of carboxylic acids is 1. The van der Waals surface area contributed by atoms with Crippen LogP contribution in [0.1, 0.15) is 22.3 Å². The molecule has 0 fully saturated rings. The van der Waals surface area contributed by atoms with Gasteiger partial charge in [0, 0.05) is 23.6 Å². The van der Waals surface area contributed by atoms with Gasteiger partial charge in [0.15, 0.2) is 0 Å². The second-order valence-corrected chi connectivity index (χ2v) is 4.20. The first-order valence-corrected chi connectivity index (χ1v) is 5.74. The van der Waals surface area contributed by atoms with E-state index in [0.29, 0.717) is 16.1 Å². The van der Waals surface area contributed by atoms with Crippen LogP contribution < -0.4 is 5.32 Å². The SMILES string of the molecule is Cc1c(Cl)cccc1C(=O)N[C@@H](CCO)C(=O)O. The normalized spacial score (nSPS) is 11.9. The maximum Gasteiger partial charge on any atom is 0.326 e. The first-order valence-electron chi connectivity index (χ1n) is 5.37. The zero-order valence-electron chi connectivity index (χ0n) is 9.81. The molecule has 0 unspecified atom stereocenters. The molecule has 5 nitrogen and oxygen atoms in total. The van der Waals surface area contributed by atoms with Crippen LogP contribution in [0.25, 0.3) is 0 Å². The molecule has 6 heteroatoms. The molecule has 1 rings (SSSR count). The van der Waals surface area contributed by atoms with Crippen molar-refractivity contribution in [2.24, 2.45) is 0 Å². The van der Waals surface area contributed by atoms with E-state index in [1.54, 1.807) is 25.1 Å². The van der Waals surface area contributed by atoms with Crippen LogP contribution in [0.15, 0.2) is 18.2 Å². The molecule has 0 bridgehead atoms. The van der Waals surface area contributed by atoms with Gasteiger partial charge in [-0.15, -0.1) is 0 Å². The van der Waals surface area contributed by atoms with E-state index in [4.69, 9.17) is 21.8 Å². The topological polar surface area (TPSA) is 86.6 Å². The van der Waals surface area contributed by atoms with Gasteiger partial charge in [-0.2, -0.15) is 0 Å². The summed E-state index contributed by atoms with van der Waals surface area (Å²) in [7, 11) is 0. The third-order valence-corrected chi connectivity index (χ3v) is 2.94. The molecule has 0 saturated carbocycles. The van der Waals surface area contributed by atoms with Crippen LogP contribution in [0, 0.1) is 6.92 Å². The van der Waals surface area contributed by atoms with E-state index < -0.39 is 17.9 Å². The molecule has 0 aliphatic carbocycles. The number of carboxylic acid groups (broad SMARTS) is 1. The average molecular weight is 272 g/mol. The van der Waals surface area contributed by atoms with Gasteiger partial charge in [-0.1, -0.05) is 17.7 Å². The molecule has 0 aliphatic rings. The van der Waals surface area contributed by atoms with Crippen LogP contribution in [0.4, 0.5) is 0 Å². The van der Waals surface area contributed by atoms with Gasteiger partial charge >= 0.3 is 5.97 Å². The van der Waals surface area contributed by atoms with Crippen molar-refractivity contribution in [3.8, 4) is 0 Å². The molecule has 0 aliphatic heterocycles. The van der Waals surface area contributed by atoms with Gasteiger partial charge in [-0.3, -0.25) is 4.79 Å². The zero-order chi connectivity index (χ0) is 13.7. The van der Waals surface area contributed by atoms with E-state index in [0.717, 1.165) is 0 Å². The lowest BCUT2D eigenvalue weighted by Crippen LogP contribution is -2.41. The Balaban J connectivity index is 2.87. The summed E-state index contributed by atoms with van der Waals surface area (Å²) in [4.78, 5) is 22.7. The highest BCUT2D eigenvalue weighted by Crippen LogP contribution is 2.18. The minimum absolute atomic E-state index is 0.0410. The Morgan fingerprint density at radius 3 is 2.67 bits per heavy atom. The smallest absolute Gasteiger partial charge is 0.326 e. The molecule has 0 radical (unpaired) electrons. The Hall–Kier alpha value is -1.59. The molecule has 18 heavy (non-hydrogen) atoms. The van der Waals surface area contributed by atoms with Crippen molar-refractivity contribution in [1.29, 1.82) is 0 Å². The summed E-state index contributed by atoms with van der Waals surface area (Å²) < 4.78 is 0. The van der Waals surface area contributed by atoms with Crippen LogP contribution in [0.3, 0.4) is 0 Å². The molecule has 0 saturated heterocycles. The number of rotatable bonds is 5. The van der Waals surface area contributed by atoms with Gasteiger partial charge < -0.3 is 15.5 Å². The van der Waals surface area contributed by atoms with Crippen LogP contribution in [-0.2, 0) is 4.79 Å². The second kappa shape index (κ2) is 6.37. The Morgan fingerprint density at radius 1 is 1.44 bits per heavy atom. The molecule has 1 aromatic carbocycles. The molecular formula is C12H14ClNO4. The van der Waals surface area contributed by atoms with Crippen molar-refractivity contribution in [2.45, 2.75) is 19.4 Å². The average Bonchev–Trinajstić information content (AvgIpc) is 2.31. The fourth-order valence-corrected chi connectivity index (χ4v) is 1.65. The Labute approximate surface area is 109 Å². The summed E-state index contributed by atoms with van der Waals surface area (Å²) in [5.74, 6) is -1.70. The third kappa shape index (κ3) is 3.45. The van der Waals surface area contributed by atoms with Gasteiger partial charge in [0.05, 0.1) is 0 Å². The maximum atomic E-state index is 11.9. The summed E-state index contributed by atoms with van der Waals surface area (Å²) in [6.07, 6.45) is -0.0410. The predicted octanol–water partition coefficient (Wildman–Crippen LogP) is 1.21. The highest BCUT2D eigenvalue weighted by atomic mass is 35.5. The van der Waals surface area contributed by atoms with E-state index in [1.807, 2.05) is 0 Å². The van der Waals surface area contributed by atoms with Crippen molar-refractivity contribution in [3.05, 3.63) is 34.3 Å². The standard InChI is InChI=1S/C12H14ClNO4/c1-7-8(3-2-4-9(7)13)11(16)14-10(5-6-15)12(17)18/h2-4,10,15H,5-6H2,1H3,(H,14,16)(H,17,18)/t10-/m0/s1. The number of aliphatic hydroxyl groups excluding tert-OH is 1. The van der Waals surface area contributed by atoms with Gasteiger partial charge in [-0.25, -0.2) is 4.79 Å². The second-order valence-electron chi connectivity index (χ2n) is 3.79. The molecule has 1 amide bonds. The number of carbonyl (C=O) groups excluding carboxylic acids is 1. The van der Waals surface area contributed by atoms with Crippen LogP contribution in [0.2, 0.25) is 5.02 Å². The van der Waals surface area contributed by atoms with Gasteiger partial charge in [0.2, 0.25) is 0 Å². The summed E-state index contributed by atoms with van der Waals surface area (Å²) in [5, 5.41) is 20.4. The molecule has 0 heterocycles. The molecule has 1 aromatic rings. The number of nitrogens with one attached hydrogen (secondary N) is 1. The summed E-state index contributed by atoms with van der Waals surface area (Å²) in [5.41, 5.74) is 0.913. The van der Waals surface area contributed by atoms with Crippen LogP contribution >= 0.6 is 11.6 Å². The largest absolute Gasteiger partial charge is 0.480 e. The quantitative estimate of drug-likeness (QED) is 0.751. The minimum atomic E-state index is -1.18. The van der Waals surface area contributed by atoms with Crippen LogP contribution in [-0.4, -0.2) is 34.7 Å². The first-order chi connectivity index (χ1) is 8.47. The lowest BCUT2D eigenvalue weighted by molar-refractivity contribution is -0.139. The van der Waals surface area contributed by atoms with E-state index in [9.17, 15) is 9.59 Å². The van der Waals surface area contributed by atoms with Crippen molar-refractivity contribution < 1.29 is 19.8 Å². The molecule has 0 spiro atoms. The highest BCUT2D eigenvalue weighted by Gasteiger charge is 2.21. The van der Waals surface area contributed by atoms with Crippen molar-refractivity contribution in [3.63, 3.8) is 0 Å². The number of aliphatic carboxylic acids is 1. The summed E-state index contributed by atoms with van der Waals surface area (Å²) in [6, 6.07) is 3.72. The maximum absolute atomic E-state index is 11.9. The number of halogens is 1. The Morgan fingerprint density at radius 2 is 2.11 bits per heavy atom. The number of benzene rings is 1. The fraction of sp³-hybridized carbons (Fsp3) is 0.333. The van der Waals surface area contributed by atoms with Crippen molar-refractivity contribution >= 4 is 23.5 Å². The van der Waals surface area contributed by atoms with Crippen molar-refractivity contribution in [2.75, 3.05) is 6.61 Å². The number of carbonyl (C=O) groups is 2. The Bertz CT molecular complexity index is 461. The summed E-state index contributed by atoms with van der Waals surface area (Å²) in [6.45, 7) is 1.37.